The second-order valence-electron chi connectivity index (χ2n) is 6.32. The number of rotatable bonds is 4. The number of carbonyl (C=O) groups is 2. The number of furan rings is 1. The van der Waals surface area contributed by atoms with Crippen molar-refractivity contribution in [1.82, 2.24) is 4.90 Å². The molecule has 1 atom stereocenters. The van der Waals surface area contributed by atoms with Gasteiger partial charge in [-0.2, -0.15) is 0 Å². The molecule has 1 fully saturated rings. The van der Waals surface area contributed by atoms with Crippen molar-refractivity contribution in [2.45, 2.75) is 32.1 Å². The molecule has 2 heterocycles. The molecule has 1 aromatic heterocycles. The molecule has 5 heteroatoms. The molecule has 0 radical (unpaired) electrons. The second kappa shape index (κ2) is 7.49. The summed E-state index contributed by atoms with van der Waals surface area (Å²) in [5, 5.41) is 0. The third kappa shape index (κ3) is 4.03. The molecule has 0 aromatic carbocycles. The van der Waals surface area contributed by atoms with E-state index in [-0.39, 0.29) is 17.8 Å². The van der Waals surface area contributed by atoms with Crippen molar-refractivity contribution in [3.05, 3.63) is 36.3 Å². The molecule has 1 aromatic rings. The van der Waals surface area contributed by atoms with E-state index in [1.165, 1.54) is 6.26 Å². The van der Waals surface area contributed by atoms with Crippen molar-refractivity contribution in [2.75, 3.05) is 19.7 Å². The highest BCUT2D eigenvalue weighted by molar-refractivity contribution is 5.91. The van der Waals surface area contributed by atoms with Crippen LogP contribution >= 0.6 is 0 Å². The average molecular weight is 317 g/mol. The van der Waals surface area contributed by atoms with Crippen molar-refractivity contribution < 1.29 is 18.7 Å². The Labute approximate surface area is 136 Å². The first-order chi connectivity index (χ1) is 11.2. The Morgan fingerprint density at radius 3 is 2.70 bits per heavy atom. The SMILES string of the molecule is O=C(OC[C@H]1CC=CCC1)C1CCN(C(=O)c2ccco2)CC1. The third-order valence-corrected chi connectivity index (χ3v) is 4.69. The molecular weight excluding hydrogens is 294 g/mol. The summed E-state index contributed by atoms with van der Waals surface area (Å²) in [5.74, 6) is 0.524. The van der Waals surface area contributed by atoms with Crippen LogP contribution in [0.3, 0.4) is 0 Å². The molecular formula is C18H23NO4. The maximum absolute atomic E-state index is 12.2. The van der Waals surface area contributed by atoms with E-state index in [0.717, 1.165) is 19.3 Å². The van der Waals surface area contributed by atoms with Crippen LogP contribution in [0.5, 0.6) is 0 Å². The van der Waals surface area contributed by atoms with Gasteiger partial charge in [-0.15, -0.1) is 0 Å². The molecule has 0 spiro atoms. The highest BCUT2D eigenvalue weighted by atomic mass is 16.5. The zero-order valence-electron chi connectivity index (χ0n) is 13.3. The normalized spacial score (nSPS) is 22.1. The topological polar surface area (TPSA) is 59.8 Å². The predicted molar refractivity (Wildman–Crippen MR) is 84.8 cm³/mol. The summed E-state index contributed by atoms with van der Waals surface area (Å²) in [5.41, 5.74) is 0. The molecule has 1 aliphatic carbocycles. The number of hydrogen-bond acceptors (Lipinski definition) is 4. The van der Waals surface area contributed by atoms with Crippen LogP contribution in [0.2, 0.25) is 0 Å². The van der Waals surface area contributed by atoms with E-state index in [1.54, 1.807) is 17.0 Å². The van der Waals surface area contributed by atoms with Gasteiger partial charge in [0.1, 0.15) is 0 Å². The minimum absolute atomic E-state index is 0.0882. The molecule has 0 unspecified atom stereocenters. The Bertz CT molecular complexity index is 556. The highest BCUT2D eigenvalue weighted by Gasteiger charge is 2.30. The number of amides is 1. The van der Waals surface area contributed by atoms with Gasteiger partial charge in [-0.25, -0.2) is 0 Å². The van der Waals surface area contributed by atoms with Crippen molar-refractivity contribution in [3.8, 4) is 0 Å². The number of hydrogen-bond donors (Lipinski definition) is 0. The molecule has 0 bridgehead atoms. The monoisotopic (exact) mass is 317 g/mol. The fraction of sp³-hybridized carbons (Fsp3) is 0.556. The first-order valence-corrected chi connectivity index (χ1v) is 8.38. The van der Waals surface area contributed by atoms with Crippen LogP contribution in [-0.2, 0) is 9.53 Å². The highest BCUT2D eigenvalue weighted by Crippen LogP contribution is 2.23. The number of ether oxygens (including phenoxy) is 1. The second-order valence-corrected chi connectivity index (χ2v) is 6.32. The van der Waals surface area contributed by atoms with Crippen LogP contribution in [0, 0.1) is 11.8 Å². The number of allylic oxidation sites excluding steroid dienone is 2. The lowest BCUT2D eigenvalue weighted by molar-refractivity contribution is -0.151. The lowest BCUT2D eigenvalue weighted by Gasteiger charge is -2.30. The van der Waals surface area contributed by atoms with Gasteiger partial charge in [-0.05, 0) is 50.2 Å². The van der Waals surface area contributed by atoms with E-state index in [2.05, 4.69) is 12.2 Å². The Kier molecular flexibility index (Phi) is 5.16. The summed E-state index contributed by atoms with van der Waals surface area (Å²) in [6.07, 6.45) is 10.4. The molecule has 3 rings (SSSR count). The van der Waals surface area contributed by atoms with Crippen LogP contribution in [-0.4, -0.2) is 36.5 Å². The number of carbonyl (C=O) groups excluding carboxylic acids is 2. The fourth-order valence-corrected chi connectivity index (χ4v) is 3.20. The number of esters is 1. The molecule has 0 N–H and O–H groups in total. The Hall–Kier alpha value is -2.04. The Balaban J connectivity index is 1.42. The van der Waals surface area contributed by atoms with Gasteiger partial charge in [0.05, 0.1) is 18.8 Å². The number of likely N-dealkylation sites (tertiary alicyclic amines) is 1. The standard InChI is InChI=1S/C18H23NO4/c20-17(16-7-4-12-22-16)19-10-8-15(9-11-19)18(21)23-13-14-5-2-1-3-6-14/h1-2,4,7,12,14-15H,3,5-6,8-11,13H2/t14-/m0/s1. The van der Waals surface area contributed by atoms with E-state index in [9.17, 15) is 9.59 Å². The van der Waals surface area contributed by atoms with Gasteiger partial charge in [-0.3, -0.25) is 9.59 Å². The van der Waals surface area contributed by atoms with E-state index in [1.807, 2.05) is 0 Å². The fourth-order valence-electron chi connectivity index (χ4n) is 3.20. The number of nitrogens with zero attached hydrogens (tertiary/aromatic N) is 1. The molecule has 0 saturated carbocycles. The van der Waals surface area contributed by atoms with Crippen molar-refractivity contribution in [2.24, 2.45) is 11.8 Å². The van der Waals surface area contributed by atoms with Crippen LogP contribution < -0.4 is 0 Å². The third-order valence-electron chi connectivity index (χ3n) is 4.69. The van der Waals surface area contributed by atoms with Gasteiger partial charge in [0.2, 0.25) is 0 Å². The minimum atomic E-state index is -0.107. The Morgan fingerprint density at radius 1 is 1.22 bits per heavy atom. The lowest BCUT2D eigenvalue weighted by atomic mass is 9.94. The van der Waals surface area contributed by atoms with Crippen molar-refractivity contribution >= 4 is 11.9 Å². The summed E-state index contributed by atoms with van der Waals surface area (Å²) in [6, 6.07) is 3.37. The van der Waals surface area contributed by atoms with Crippen molar-refractivity contribution in [1.29, 1.82) is 0 Å². The first kappa shape index (κ1) is 15.8. The van der Waals surface area contributed by atoms with Crippen molar-refractivity contribution in [3.63, 3.8) is 0 Å². The molecule has 23 heavy (non-hydrogen) atoms. The van der Waals surface area contributed by atoms with E-state index < -0.39 is 0 Å². The van der Waals surface area contributed by atoms with Crippen LogP contribution in [0.25, 0.3) is 0 Å². The maximum atomic E-state index is 12.2. The van der Waals surface area contributed by atoms with Gasteiger partial charge in [0, 0.05) is 13.1 Å². The predicted octanol–water partition coefficient (Wildman–Crippen LogP) is 3.03. The van der Waals surface area contributed by atoms with Gasteiger partial charge >= 0.3 is 5.97 Å². The Morgan fingerprint density at radius 2 is 2.04 bits per heavy atom. The number of piperidine rings is 1. The van der Waals surface area contributed by atoms with E-state index >= 15 is 0 Å². The summed E-state index contributed by atoms with van der Waals surface area (Å²) >= 11 is 0. The molecule has 124 valence electrons. The van der Waals surface area contributed by atoms with Gasteiger partial charge in [-0.1, -0.05) is 12.2 Å². The molecule has 1 aliphatic heterocycles. The maximum Gasteiger partial charge on any atom is 0.309 e. The smallest absolute Gasteiger partial charge is 0.309 e. The first-order valence-electron chi connectivity index (χ1n) is 8.38. The van der Waals surface area contributed by atoms with E-state index in [0.29, 0.717) is 44.2 Å². The molecule has 5 nitrogen and oxygen atoms in total. The molecule has 1 amide bonds. The zero-order chi connectivity index (χ0) is 16.1. The summed E-state index contributed by atoms with van der Waals surface area (Å²) in [7, 11) is 0. The van der Waals surface area contributed by atoms with Gasteiger partial charge in [0.25, 0.3) is 5.91 Å². The van der Waals surface area contributed by atoms with Crippen LogP contribution in [0.15, 0.2) is 35.0 Å². The zero-order valence-corrected chi connectivity index (χ0v) is 13.3. The summed E-state index contributed by atoms with van der Waals surface area (Å²) < 4.78 is 10.6. The summed E-state index contributed by atoms with van der Waals surface area (Å²) in [6.45, 7) is 1.67. The average Bonchev–Trinajstić information content (AvgIpc) is 3.15. The van der Waals surface area contributed by atoms with Gasteiger partial charge < -0.3 is 14.1 Å². The van der Waals surface area contributed by atoms with Crippen LogP contribution in [0.4, 0.5) is 0 Å². The van der Waals surface area contributed by atoms with E-state index in [4.69, 9.17) is 9.15 Å². The molecule has 2 aliphatic rings. The van der Waals surface area contributed by atoms with Crippen LogP contribution in [0.1, 0.15) is 42.7 Å². The van der Waals surface area contributed by atoms with Gasteiger partial charge in [0.15, 0.2) is 5.76 Å². The quantitative estimate of drug-likeness (QED) is 0.632. The molecule has 1 saturated heterocycles. The largest absolute Gasteiger partial charge is 0.465 e. The lowest BCUT2D eigenvalue weighted by Crippen LogP contribution is -2.40. The summed E-state index contributed by atoms with van der Waals surface area (Å²) in [4.78, 5) is 26.1. The minimum Gasteiger partial charge on any atom is -0.465 e.